The predicted octanol–water partition coefficient (Wildman–Crippen LogP) is -0.482. The van der Waals surface area contributed by atoms with Crippen LogP contribution in [0.5, 0.6) is 0 Å². The quantitative estimate of drug-likeness (QED) is 0.682. The molecular weight excluding hydrogens is 208 g/mol. The van der Waals surface area contributed by atoms with Crippen LogP contribution in [-0.2, 0) is 14.3 Å². The molecule has 0 aliphatic carbocycles. The molecule has 0 aromatic heterocycles. The molecule has 5 nitrogen and oxygen atoms in total. The first-order valence-corrected chi connectivity index (χ1v) is 5.85. The molecule has 0 bridgehead atoms. The van der Waals surface area contributed by atoms with Gasteiger partial charge >= 0.3 is 0 Å². The smallest absolute Gasteiger partial charge is 0.222 e. The summed E-state index contributed by atoms with van der Waals surface area (Å²) in [6, 6.07) is 0. The third-order valence-corrected chi connectivity index (χ3v) is 3.03. The Labute approximate surface area is 95.9 Å². The number of carbonyl (C=O) groups excluding carboxylic acids is 1. The van der Waals surface area contributed by atoms with Crippen LogP contribution in [0.2, 0.25) is 0 Å². The first-order chi connectivity index (χ1) is 7.68. The number of carbonyl (C=O) groups is 1. The number of hydrogen-bond donors (Lipinski definition) is 2. The molecule has 0 radical (unpaired) electrons. The lowest BCUT2D eigenvalue weighted by Gasteiger charge is -2.38. The van der Waals surface area contributed by atoms with Crippen molar-refractivity contribution < 1.29 is 14.3 Å². The van der Waals surface area contributed by atoms with Gasteiger partial charge in [0.25, 0.3) is 0 Å². The summed E-state index contributed by atoms with van der Waals surface area (Å²) in [5, 5.41) is 6.16. The molecule has 2 saturated heterocycles. The molecule has 2 aliphatic rings. The van der Waals surface area contributed by atoms with E-state index in [1.165, 1.54) is 0 Å². The third-order valence-electron chi connectivity index (χ3n) is 3.03. The van der Waals surface area contributed by atoms with Crippen LogP contribution < -0.4 is 10.6 Å². The fourth-order valence-electron chi connectivity index (χ4n) is 1.89. The molecule has 2 aliphatic heterocycles. The SMILES string of the molecule is CC1(CNC(=O)CC2CNCCO2)COC1. The number of amides is 1. The van der Waals surface area contributed by atoms with E-state index < -0.39 is 0 Å². The van der Waals surface area contributed by atoms with Gasteiger partial charge in [0.05, 0.1) is 32.3 Å². The molecule has 16 heavy (non-hydrogen) atoms. The molecule has 2 N–H and O–H groups in total. The van der Waals surface area contributed by atoms with Gasteiger partial charge in [-0.2, -0.15) is 0 Å². The Hall–Kier alpha value is -0.650. The van der Waals surface area contributed by atoms with Crippen molar-refractivity contribution in [2.75, 3.05) is 39.5 Å². The zero-order valence-electron chi connectivity index (χ0n) is 9.75. The van der Waals surface area contributed by atoms with Crippen molar-refractivity contribution in [3.05, 3.63) is 0 Å². The maximum atomic E-state index is 11.6. The van der Waals surface area contributed by atoms with E-state index in [-0.39, 0.29) is 17.4 Å². The Morgan fingerprint density at radius 1 is 1.56 bits per heavy atom. The standard InChI is InChI=1S/C11H20N2O3/c1-11(7-15-8-11)6-13-10(14)4-9-5-12-2-3-16-9/h9,12H,2-8H2,1H3,(H,13,14). The average Bonchev–Trinajstić information content (AvgIpc) is 2.25. The summed E-state index contributed by atoms with van der Waals surface area (Å²) in [6.07, 6.45) is 0.475. The van der Waals surface area contributed by atoms with Gasteiger partial charge in [0.1, 0.15) is 0 Å². The van der Waals surface area contributed by atoms with E-state index in [4.69, 9.17) is 9.47 Å². The number of nitrogens with one attached hydrogen (secondary N) is 2. The second-order valence-corrected chi connectivity index (χ2v) is 4.98. The highest BCUT2D eigenvalue weighted by molar-refractivity contribution is 5.76. The van der Waals surface area contributed by atoms with Crippen LogP contribution in [0.15, 0.2) is 0 Å². The van der Waals surface area contributed by atoms with Gasteiger partial charge in [0, 0.05) is 25.0 Å². The van der Waals surface area contributed by atoms with E-state index in [1.54, 1.807) is 0 Å². The number of ether oxygens (including phenoxy) is 2. The van der Waals surface area contributed by atoms with Gasteiger partial charge in [0.2, 0.25) is 5.91 Å². The van der Waals surface area contributed by atoms with E-state index in [1.807, 2.05) is 0 Å². The monoisotopic (exact) mass is 228 g/mol. The van der Waals surface area contributed by atoms with Gasteiger partial charge in [-0.05, 0) is 0 Å². The number of rotatable bonds is 4. The van der Waals surface area contributed by atoms with E-state index in [9.17, 15) is 4.79 Å². The zero-order valence-corrected chi connectivity index (χ0v) is 9.75. The lowest BCUT2D eigenvalue weighted by molar-refractivity contribution is -0.129. The Morgan fingerprint density at radius 2 is 2.38 bits per heavy atom. The molecule has 0 spiro atoms. The van der Waals surface area contributed by atoms with Crippen LogP contribution in [0.4, 0.5) is 0 Å². The second-order valence-electron chi connectivity index (χ2n) is 4.98. The van der Waals surface area contributed by atoms with Crippen molar-refractivity contribution in [1.29, 1.82) is 0 Å². The molecule has 5 heteroatoms. The lowest BCUT2D eigenvalue weighted by atomic mass is 9.89. The summed E-state index contributed by atoms with van der Waals surface area (Å²) in [5.74, 6) is 0.0711. The summed E-state index contributed by atoms with van der Waals surface area (Å²) in [5.41, 5.74) is 0.140. The Kier molecular flexibility index (Phi) is 3.78. The Balaban J connectivity index is 1.63. The molecule has 2 heterocycles. The Morgan fingerprint density at radius 3 is 2.94 bits per heavy atom. The molecule has 1 unspecified atom stereocenters. The van der Waals surface area contributed by atoms with Crippen LogP contribution in [0.1, 0.15) is 13.3 Å². The van der Waals surface area contributed by atoms with Crippen LogP contribution in [-0.4, -0.2) is 51.5 Å². The number of hydrogen-bond acceptors (Lipinski definition) is 4. The minimum atomic E-state index is 0.0270. The molecule has 2 rings (SSSR count). The average molecular weight is 228 g/mol. The fraction of sp³-hybridized carbons (Fsp3) is 0.909. The Bertz CT molecular complexity index is 248. The van der Waals surface area contributed by atoms with Crippen molar-refractivity contribution in [2.24, 2.45) is 5.41 Å². The maximum absolute atomic E-state index is 11.6. The van der Waals surface area contributed by atoms with E-state index in [0.717, 1.165) is 26.3 Å². The lowest BCUT2D eigenvalue weighted by Crippen LogP contribution is -2.49. The second kappa shape index (κ2) is 5.12. The summed E-state index contributed by atoms with van der Waals surface area (Å²) < 4.78 is 10.6. The van der Waals surface area contributed by atoms with E-state index in [2.05, 4.69) is 17.6 Å². The van der Waals surface area contributed by atoms with Gasteiger partial charge in [0.15, 0.2) is 0 Å². The number of morpholine rings is 1. The highest BCUT2D eigenvalue weighted by atomic mass is 16.5. The van der Waals surface area contributed by atoms with Crippen molar-refractivity contribution in [3.8, 4) is 0 Å². The zero-order chi connectivity index (χ0) is 11.4. The minimum absolute atomic E-state index is 0.0270. The fourth-order valence-corrected chi connectivity index (χ4v) is 1.89. The van der Waals surface area contributed by atoms with Gasteiger partial charge in [-0.1, -0.05) is 6.92 Å². The summed E-state index contributed by atoms with van der Waals surface area (Å²) >= 11 is 0. The molecule has 2 fully saturated rings. The first-order valence-electron chi connectivity index (χ1n) is 5.85. The van der Waals surface area contributed by atoms with Crippen LogP contribution >= 0.6 is 0 Å². The minimum Gasteiger partial charge on any atom is -0.380 e. The maximum Gasteiger partial charge on any atom is 0.222 e. The van der Waals surface area contributed by atoms with Gasteiger partial charge in [-0.25, -0.2) is 0 Å². The highest BCUT2D eigenvalue weighted by Gasteiger charge is 2.33. The van der Waals surface area contributed by atoms with Crippen LogP contribution in [0.25, 0.3) is 0 Å². The first kappa shape index (κ1) is 11.8. The van der Waals surface area contributed by atoms with E-state index in [0.29, 0.717) is 19.6 Å². The van der Waals surface area contributed by atoms with Gasteiger partial charge < -0.3 is 20.1 Å². The van der Waals surface area contributed by atoms with Gasteiger partial charge in [-0.15, -0.1) is 0 Å². The third kappa shape index (κ3) is 3.17. The van der Waals surface area contributed by atoms with Crippen molar-refractivity contribution in [3.63, 3.8) is 0 Å². The van der Waals surface area contributed by atoms with Crippen molar-refractivity contribution in [1.82, 2.24) is 10.6 Å². The molecular formula is C11H20N2O3. The summed E-state index contributed by atoms with van der Waals surface area (Å²) in [4.78, 5) is 11.6. The molecule has 92 valence electrons. The molecule has 1 atom stereocenters. The van der Waals surface area contributed by atoms with Crippen LogP contribution in [0, 0.1) is 5.41 Å². The molecule has 0 aromatic carbocycles. The summed E-state index contributed by atoms with van der Waals surface area (Å²) in [7, 11) is 0. The predicted molar refractivity (Wildman–Crippen MR) is 59.2 cm³/mol. The van der Waals surface area contributed by atoms with Gasteiger partial charge in [-0.3, -0.25) is 4.79 Å². The molecule has 0 saturated carbocycles. The largest absolute Gasteiger partial charge is 0.380 e. The van der Waals surface area contributed by atoms with Crippen LogP contribution in [0.3, 0.4) is 0 Å². The highest BCUT2D eigenvalue weighted by Crippen LogP contribution is 2.25. The van der Waals surface area contributed by atoms with E-state index >= 15 is 0 Å². The van der Waals surface area contributed by atoms with Crippen molar-refractivity contribution in [2.45, 2.75) is 19.4 Å². The normalized spacial score (nSPS) is 28.2. The molecule has 1 amide bonds. The van der Waals surface area contributed by atoms with Crippen molar-refractivity contribution >= 4 is 5.91 Å². The topological polar surface area (TPSA) is 59.6 Å². The molecule has 0 aromatic rings. The summed E-state index contributed by atoms with van der Waals surface area (Å²) in [6.45, 7) is 6.66.